The molecule has 0 aliphatic carbocycles. The molecule has 0 aliphatic heterocycles. The summed E-state index contributed by atoms with van der Waals surface area (Å²) < 4.78 is 3.37. The number of hydrogen-bond donors (Lipinski definition) is 0. The number of aryl methyl sites for hydroxylation is 6. The Hall–Kier alpha value is -1.01. The molecular formula is C25H28Cl2Zr-2. The summed E-state index contributed by atoms with van der Waals surface area (Å²) in [6.07, 6.45) is 0. The first kappa shape index (κ1) is 23.3. The Bertz CT molecular complexity index is 947. The molecule has 0 N–H and O–H groups in total. The number of benzene rings is 2. The molecule has 0 aromatic heterocycles. The van der Waals surface area contributed by atoms with Gasteiger partial charge in [-0.25, -0.2) is 0 Å². The van der Waals surface area contributed by atoms with E-state index >= 15 is 0 Å². The van der Waals surface area contributed by atoms with E-state index in [-0.39, 0.29) is 0 Å². The van der Waals surface area contributed by atoms with Crippen LogP contribution in [0, 0.1) is 41.5 Å². The summed E-state index contributed by atoms with van der Waals surface area (Å²) in [4.78, 5) is 0. The molecule has 0 saturated carbocycles. The molecule has 0 unspecified atom stereocenters. The topological polar surface area (TPSA) is 0 Å². The van der Waals surface area contributed by atoms with Crippen LogP contribution in [0.3, 0.4) is 0 Å². The van der Waals surface area contributed by atoms with Gasteiger partial charge in [-0.15, -0.1) is 69.1 Å². The van der Waals surface area contributed by atoms with E-state index in [2.05, 4.69) is 94.3 Å². The van der Waals surface area contributed by atoms with Crippen LogP contribution < -0.4 is 0 Å². The quantitative estimate of drug-likeness (QED) is 0.217. The van der Waals surface area contributed by atoms with E-state index in [9.17, 15) is 0 Å². The number of hydrogen-bond acceptors (Lipinski definition) is 0. The normalized spacial score (nSPS) is 10.3. The molecule has 4 rings (SSSR count). The van der Waals surface area contributed by atoms with Gasteiger partial charge in [-0.1, -0.05) is 36.1 Å². The van der Waals surface area contributed by atoms with Gasteiger partial charge >= 0.3 is 40.1 Å². The Balaban J connectivity index is 0.000000169. The molecule has 0 aliphatic rings. The van der Waals surface area contributed by atoms with E-state index in [1.54, 1.807) is 0 Å². The zero-order valence-corrected chi connectivity index (χ0v) is 21.6. The third kappa shape index (κ3) is 6.52. The second-order valence-electron chi connectivity index (χ2n) is 7.53. The average molecular weight is 491 g/mol. The van der Waals surface area contributed by atoms with Gasteiger partial charge in [0.1, 0.15) is 0 Å². The fraction of sp³-hybridized carbons (Fsp3) is 0.240. The van der Waals surface area contributed by atoms with Gasteiger partial charge in [0.25, 0.3) is 0 Å². The minimum absolute atomic E-state index is 1.36. The van der Waals surface area contributed by atoms with Crippen LogP contribution in [-0.2, 0) is 18.9 Å². The van der Waals surface area contributed by atoms with Gasteiger partial charge < -0.3 is 0 Å². The Morgan fingerprint density at radius 2 is 0.893 bits per heavy atom. The maximum atomic E-state index is 5.13. The summed E-state index contributed by atoms with van der Waals surface area (Å²) in [6, 6.07) is 18.0. The van der Waals surface area contributed by atoms with Crippen LogP contribution in [0.4, 0.5) is 0 Å². The van der Waals surface area contributed by atoms with Gasteiger partial charge in [-0.3, -0.25) is 0 Å². The van der Waals surface area contributed by atoms with Gasteiger partial charge in [0.05, 0.1) is 0 Å². The number of halogens is 2. The molecule has 28 heavy (non-hydrogen) atoms. The molecule has 4 aromatic carbocycles. The molecule has 0 amide bonds. The van der Waals surface area contributed by atoms with Crippen molar-refractivity contribution < 1.29 is 18.9 Å². The molecule has 0 saturated heterocycles. The Kier molecular flexibility index (Phi) is 8.44. The number of fused-ring (bicyclic) bond motifs is 2. The standard InChI is InChI=1S/2C12H13.CH2.2ClH.Zr/c2*1-8-4-11-6-9(2)10(3)7-12(11)5-8;;;;/h2*4-7H,1-3H3;1H2;2*1H;/q2*-1;;;;+2/p-2. The van der Waals surface area contributed by atoms with Gasteiger partial charge in [0.2, 0.25) is 0 Å². The monoisotopic (exact) mass is 488 g/mol. The van der Waals surface area contributed by atoms with Crippen molar-refractivity contribution in [1.29, 1.82) is 0 Å². The summed E-state index contributed by atoms with van der Waals surface area (Å²) in [7, 11) is 10.3. The van der Waals surface area contributed by atoms with Crippen LogP contribution in [0.5, 0.6) is 0 Å². The molecule has 0 fully saturated rings. The summed E-state index contributed by atoms with van der Waals surface area (Å²) in [5.74, 6) is 0. The molecule has 3 heteroatoms. The van der Waals surface area contributed by atoms with E-state index in [1.165, 1.54) is 54.9 Å². The van der Waals surface area contributed by atoms with E-state index < -0.39 is 18.9 Å². The van der Waals surface area contributed by atoms with Crippen molar-refractivity contribution in [3.63, 3.8) is 0 Å². The van der Waals surface area contributed by atoms with E-state index in [0.29, 0.717) is 0 Å². The van der Waals surface area contributed by atoms with E-state index in [4.69, 9.17) is 17.0 Å². The third-order valence-corrected chi connectivity index (χ3v) is 4.93. The fourth-order valence-corrected chi connectivity index (χ4v) is 3.29. The average Bonchev–Trinajstić information content (AvgIpc) is 3.09. The predicted octanol–water partition coefficient (Wildman–Crippen LogP) is 8.31. The van der Waals surface area contributed by atoms with Crippen LogP contribution in [0.25, 0.3) is 21.5 Å². The maximum absolute atomic E-state index is 5.13. The second-order valence-corrected chi connectivity index (χ2v) is 15.7. The molecule has 4 aromatic rings. The predicted molar refractivity (Wildman–Crippen MR) is 126 cm³/mol. The molecule has 148 valence electrons. The van der Waals surface area contributed by atoms with Gasteiger partial charge in [-0.2, -0.15) is 12.1 Å². The van der Waals surface area contributed by atoms with E-state index in [1.807, 2.05) is 0 Å². The SMILES string of the molecule is Cc1cc2cc(C)c(C)cc2[cH-]1.Cc1cc2cc(C)c(C)cc2[cH-]1.[CH2]=[Zr]([Cl])[Cl]. The third-order valence-electron chi connectivity index (χ3n) is 4.93. The van der Waals surface area contributed by atoms with Crippen molar-refractivity contribution in [2.45, 2.75) is 41.5 Å². The zero-order chi connectivity index (χ0) is 21.0. The molecule has 0 radical (unpaired) electrons. The Morgan fingerprint density at radius 3 is 1.21 bits per heavy atom. The van der Waals surface area contributed by atoms with Crippen molar-refractivity contribution >= 4 is 42.8 Å². The molecule has 0 bridgehead atoms. The first-order chi connectivity index (χ1) is 13.1. The van der Waals surface area contributed by atoms with Crippen LogP contribution in [0.15, 0.2) is 48.5 Å². The first-order valence-corrected chi connectivity index (χ1v) is 17.4. The van der Waals surface area contributed by atoms with Gasteiger partial charge in [-0.05, 0) is 27.7 Å². The summed E-state index contributed by atoms with van der Waals surface area (Å²) in [5, 5.41) is 5.48. The van der Waals surface area contributed by atoms with Crippen molar-refractivity contribution in [3.8, 4) is 0 Å². The van der Waals surface area contributed by atoms with Crippen molar-refractivity contribution in [2.75, 3.05) is 0 Å². The Labute approximate surface area is 184 Å². The van der Waals surface area contributed by atoms with E-state index in [0.717, 1.165) is 0 Å². The molecule has 0 spiro atoms. The van der Waals surface area contributed by atoms with Crippen molar-refractivity contribution in [1.82, 2.24) is 0 Å². The summed E-state index contributed by atoms with van der Waals surface area (Å²) >= 11 is -1.85. The van der Waals surface area contributed by atoms with Crippen LogP contribution in [0.2, 0.25) is 0 Å². The van der Waals surface area contributed by atoms with Crippen LogP contribution in [-0.4, -0.2) is 4.21 Å². The summed E-state index contributed by atoms with van der Waals surface area (Å²) in [5.41, 5.74) is 8.24. The van der Waals surface area contributed by atoms with Gasteiger partial charge in [0, 0.05) is 0 Å². The second kappa shape index (κ2) is 10.2. The summed E-state index contributed by atoms with van der Waals surface area (Å²) in [6.45, 7) is 12.9. The number of rotatable bonds is 0. The zero-order valence-electron chi connectivity index (χ0n) is 17.6. The first-order valence-electron chi connectivity index (χ1n) is 9.35. The molecule has 0 atom stereocenters. The molecule has 0 heterocycles. The van der Waals surface area contributed by atoms with Gasteiger partial charge in [0.15, 0.2) is 0 Å². The van der Waals surface area contributed by atoms with Crippen molar-refractivity contribution in [2.24, 2.45) is 0 Å². The fourth-order valence-electron chi connectivity index (χ4n) is 3.29. The molecular weight excluding hydrogens is 462 g/mol. The van der Waals surface area contributed by atoms with Crippen LogP contribution >= 0.6 is 17.0 Å². The van der Waals surface area contributed by atoms with Crippen LogP contribution in [0.1, 0.15) is 33.4 Å². The Morgan fingerprint density at radius 1 is 0.607 bits per heavy atom. The molecule has 0 nitrogen and oxygen atoms in total. The minimum atomic E-state index is -1.85. The van der Waals surface area contributed by atoms with Crippen molar-refractivity contribution in [3.05, 3.63) is 81.9 Å².